The Hall–Kier alpha value is -1.64. The van der Waals surface area contributed by atoms with E-state index >= 15 is 0 Å². The molecule has 0 heterocycles. The van der Waals surface area contributed by atoms with E-state index in [1.165, 1.54) is 36.0 Å². The fourth-order valence-corrected chi connectivity index (χ4v) is 3.64. The molecular weight excluding hydrogens is 256 g/mol. The molecule has 2 aromatic rings. The lowest BCUT2D eigenvalue weighted by molar-refractivity contribution is 0.170. The van der Waals surface area contributed by atoms with Crippen molar-refractivity contribution in [3.05, 3.63) is 71.3 Å². The number of benzene rings is 2. The number of aryl methyl sites for hydroxylation is 1. The van der Waals surface area contributed by atoms with Crippen LogP contribution in [0.1, 0.15) is 48.9 Å². The second-order valence-electron chi connectivity index (χ2n) is 6.07. The molecule has 0 amide bonds. The Balaban J connectivity index is 2.01. The minimum Gasteiger partial charge on any atom is -0.271 e. The molecule has 0 radical (unpaired) electrons. The summed E-state index contributed by atoms with van der Waals surface area (Å²) in [4.78, 5) is 0. The van der Waals surface area contributed by atoms with Gasteiger partial charge in [0.25, 0.3) is 0 Å². The van der Waals surface area contributed by atoms with Crippen molar-refractivity contribution in [1.29, 1.82) is 0 Å². The molecule has 1 aliphatic carbocycles. The zero-order valence-electron chi connectivity index (χ0n) is 12.7. The molecule has 0 spiro atoms. The quantitative estimate of drug-likeness (QED) is 0.644. The van der Waals surface area contributed by atoms with Crippen molar-refractivity contribution in [1.82, 2.24) is 5.43 Å². The molecule has 0 aromatic heterocycles. The standard InChI is InChI=1S/C19H24N2/c1-2-15-8-6-9-16(14-15)18(21-20)19(12-7-13-19)17-10-4-3-5-11-17/h3-6,8-11,14,18,21H,2,7,12-13,20H2,1H3. The topological polar surface area (TPSA) is 38.0 Å². The first-order valence-corrected chi connectivity index (χ1v) is 7.90. The van der Waals surface area contributed by atoms with Gasteiger partial charge in [-0.3, -0.25) is 11.3 Å². The number of rotatable bonds is 5. The number of hydrogen-bond donors (Lipinski definition) is 2. The van der Waals surface area contributed by atoms with Crippen molar-refractivity contribution in [3.8, 4) is 0 Å². The minimum absolute atomic E-state index is 0.141. The highest BCUT2D eigenvalue weighted by Gasteiger charge is 2.45. The molecule has 3 N–H and O–H groups in total. The van der Waals surface area contributed by atoms with E-state index in [0.717, 1.165) is 6.42 Å². The van der Waals surface area contributed by atoms with Crippen LogP contribution in [0.25, 0.3) is 0 Å². The van der Waals surface area contributed by atoms with Gasteiger partial charge in [0.15, 0.2) is 0 Å². The fourth-order valence-electron chi connectivity index (χ4n) is 3.64. The lowest BCUT2D eigenvalue weighted by Crippen LogP contribution is -2.48. The molecule has 2 aromatic carbocycles. The normalized spacial score (nSPS) is 18.0. The first-order valence-electron chi connectivity index (χ1n) is 7.90. The van der Waals surface area contributed by atoms with Crippen LogP contribution in [0.5, 0.6) is 0 Å². The number of hydrazine groups is 1. The molecule has 1 atom stereocenters. The zero-order chi connectivity index (χ0) is 14.7. The highest BCUT2D eigenvalue weighted by molar-refractivity contribution is 5.37. The molecular formula is C19H24N2. The predicted molar refractivity (Wildman–Crippen MR) is 87.9 cm³/mol. The van der Waals surface area contributed by atoms with Gasteiger partial charge in [-0.25, -0.2) is 0 Å². The van der Waals surface area contributed by atoms with Gasteiger partial charge in [0.2, 0.25) is 0 Å². The Kier molecular flexibility index (Phi) is 4.09. The maximum atomic E-state index is 5.98. The third kappa shape index (κ3) is 2.50. The second-order valence-corrected chi connectivity index (χ2v) is 6.07. The Bertz CT molecular complexity index is 588. The van der Waals surface area contributed by atoms with E-state index < -0.39 is 0 Å². The van der Waals surface area contributed by atoms with E-state index in [9.17, 15) is 0 Å². The van der Waals surface area contributed by atoms with Crippen LogP contribution in [0.3, 0.4) is 0 Å². The number of hydrogen-bond acceptors (Lipinski definition) is 2. The number of nitrogens with two attached hydrogens (primary N) is 1. The van der Waals surface area contributed by atoms with E-state index in [0.29, 0.717) is 0 Å². The summed E-state index contributed by atoms with van der Waals surface area (Å²) in [6.45, 7) is 2.19. The van der Waals surface area contributed by atoms with Crippen LogP contribution >= 0.6 is 0 Å². The fraction of sp³-hybridized carbons (Fsp3) is 0.368. The lowest BCUT2D eigenvalue weighted by Gasteiger charge is -2.48. The molecule has 3 rings (SSSR count). The molecule has 21 heavy (non-hydrogen) atoms. The van der Waals surface area contributed by atoms with Gasteiger partial charge in [0, 0.05) is 5.41 Å². The smallest absolute Gasteiger partial charge is 0.0556 e. The van der Waals surface area contributed by atoms with Crippen molar-refractivity contribution in [2.75, 3.05) is 0 Å². The molecule has 110 valence electrons. The van der Waals surface area contributed by atoms with Crippen LogP contribution in [0.4, 0.5) is 0 Å². The molecule has 2 heteroatoms. The monoisotopic (exact) mass is 280 g/mol. The SMILES string of the molecule is CCc1cccc(C(NN)C2(c3ccccc3)CCC2)c1. The molecule has 1 fully saturated rings. The van der Waals surface area contributed by atoms with E-state index in [4.69, 9.17) is 5.84 Å². The molecule has 0 aliphatic heterocycles. The third-order valence-corrected chi connectivity index (χ3v) is 5.01. The van der Waals surface area contributed by atoms with Gasteiger partial charge in [-0.05, 0) is 36.0 Å². The van der Waals surface area contributed by atoms with Crippen LogP contribution in [-0.2, 0) is 11.8 Å². The molecule has 1 aliphatic rings. The van der Waals surface area contributed by atoms with Gasteiger partial charge in [-0.1, -0.05) is 67.9 Å². The van der Waals surface area contributed by atoms with Gasteiger partial charge >= 0.3 is 0 Å². The largest absolute Gasteiger partial charge is 0.271 e. The molecule has 2 nitrogen and oxygen atoms in total. The van der Waals surface area contributed by atoms with Crippen LogP contribution < -0.4 is 11.3 Å². The third-order valence-electron chi connectivity index (χ3n) is 5.01. The summed E-state index contributed by atoms with van der Waals surface area (Å²) >= 11 is 0. The van der Waals surface area contributed by atoms with Crippen LogP contribution in [-0.4, -0.2) is 0 Å². The summed E-state index contributed by atoms with van der Waals surface area (Å²) in [5.74, 6) is 5.98. The highest BCUT2D eigenvalue weighted by atomic mass is 15.2. The summed E-state index contributed by atoms with van der Waals surface area (Å²) in [6, 6.07) is 19.8. The van der Waals surface area contributed by atoms with E-state index in [1.54, 1.807) is 0 Å². The van der Waals surface area contributed by atoms with Gasteiger partial charge in [0.1, 0.15) is 0 Å². The first kappa shape index (κ1) is 14.3. The van der Waals surface area contributed by atoms with Crippen LogP contribution in [0, 0.1) is 0 Å². The van der Waals surface area contributed by atoms with E-state index in [1.807, 2.05) is 0 Å². The van der Waals surface area contributed by atoms with Gasteiger partial charge in [-0.15, -0.1) is 0 Å². The molecule has 0 bridgehead atoms. The molecule has 1 saturated carbocycles. The van der Waals surface area contributed by atoms with Crippen molar-refractivity contribution in [2.24, 2.45) is 5.84 Å². The van der Waals surface area contributed by atoms with Crippen molar-refractivity contribution < 1.29 is 0 Å². The van der Waals surface area contributed by atoms with Gasteiger partial charge in [-0.2, -0.15) is 0 Å². The van der Waals surface area contributed by atoms with Gasteiger partial charge < -0.3 is 0 Å². The summed E-state index contributed by atoms with van der Waals surface area (Å²) in [6.07, 6.45) is 4.73. The second kappa shape index (κ2) is 6.00. The average Bonchev–Trinajstić information content (AvgIpc) is 2.51. The van der Waals surface area contributed by atoms with Crippen LogP contribution in [0.2, 0.25) is 0 Å². The highest BCUT2D eigenvalue weighted by Crippen LogP contribution is 2.51. The van der Waals surface area contributed by atoms with Crippen molar-refractivity contribution >= 4 is 0 Å². The Morgan fingerprint density at radius 3 is 2.43 bits per heavy atom. The maximum Gasteiger partial charge on any atom is 0.0556 e. The summed E-state index contributed by atoms with van der Waals surface area (Å²) in [7, 11) is 0. The summed E-state index contributed by atoms with van der Waals surface area (Å²) < 4.78 is 0. The lowest BCUT2D eigenvalue weighted by atomic mass is 9.59. The Morgan fingerprint density at radius 2 is 1.86 bits per heavy atom. The zero-order valence-corrected chi connectivity index (χ0v) is 12.7. The average molecular weight is 280 g/mol. The van der Waals surface area contributed by atoms with Crippen LogP contribution in [0.15, 0.2) is 54.6 Å². The molecule has 0 saturated heterocycles. The van der Waals surface area contributed by atoms with E-state index in [2.05, 4.69) is 66.9 Å². The minimum atomic E-state index is 0.141. The van der Waals surface area contributed by atoms with E-state index in [-0.39, 0.29) is 11.5 Å². The summed E-state index contributed by atoms with van der Waals surface area (Å²) in [5.41, 5.74) is 7.33. The maximum absolute atomic E-state index is 5.98. The Labute approximate surface area is 127 Å². The van der Waals surface area contributed by atoms with Crippen molar-refractivity contribution in [2.45, 2.75) is 44.1 Å². The Morgan fingerprint density at radius 1 is 1.10 bits per heavy atom. The molecule has 1 unspecified atom stereocenters. The van der Waals surface area contributed by atoms with Crippen molar-refractivity contribution in [3.63, 3.8) is 0 Å². The predicted octanol–water partition coefficient (Wildman–Crippen LogP) is 3.88. The first-order chi connectivity index (χ1) is 10.3. The summed E-state index contributed by atoms with van der Waals surface area (Å²) in [5, 5.41) is 0. The number of nitrogens with one attached hydrogen (secondary N) is 1. The van der Waals surface area contributed by atoms with Gasteiger partial charge in [0.05, 0.1) is 6.04 Å².